The third-order valence-corrected chi connectivity index (χ3v) is 7.01. The third kappa shape index (κ3) is 7.03. The number of unbranched alkanes of at least 4 members (excludes halogenated alkanes) is 1. The first-order valence-electron chi connectivity index (χ1n) is 4.69. The summed E-state index contributed by atoms with van der Waals surface area (Å²) in [6.07, 6.45) is 2.22. The van der Waals surface area contributed by atoms with Crippen molar-refractivity contribution in [2.75, 3.05) is 0 Å². The Morgan fingerprint density at radius 2 is 1.67 bits per heavy atom. The van der Waals surface area contributed by atoms with E-state index in [-0.39, 0.29) is 0 Å². The van der Waals surface area contributed by atoms with Gasteiger partial charge in [0.1, 0.15) is 0 Å². The molecule has 0 fully saturated rings. The van der Waals surface area contributed by atoms with Crippen molar-refractivity contribution < 1.29 is 8.91 Å². The predicted molar refractivity (Wildman–Crippen MR) is 58.0 cm³/mol. The molecule has 0 aliphatic rings. The summed E-state index contributed by atoms with van der Waals surface area (Å²) < 4.78 is 5.76. The zero-order chi connectivity index (χ0) is 9.83. The van der Waals surface area contributed by atoms with Crippen LogP contribution in [0, 0.1) is 0 Å². The van der Waals surface area contributed by atoms with Gasteiger partial charge in [0.25, 0.3) is 0 Å². The maximum atomic E-state index is 9.93. The smallest absolute Gasteiger partial charge is 0.321 e. The van der Waals surface area contributed by atoms with Crippen LogP contribution in [0.5, 0.6) is 0 Å². The van der Waals surface area contributed by atoms with Crippen LogP contribution in [-0.4, -0.2) is 21.7 Å². The molecular formula is C8H22O2Si2. The van der Waals surface area contributed by atoms with Crippen LogP contribution in [0.1, 0.15) is 19.8 Å². The zero-order valence-electron chi connectivity index (χ0n) is 8.98. The Morgan fingerprint density at radius 1 is 1.17 bits per heavy atom. The summed E-state index contributed by atoms with van der Waals surface area (Å²) >= 11 is 0. The third-order valence-electron chi connectivity index (χ3n) is 1.52. The lowest BCUT2D eigenvalue weighted by Gasteiger charge is -2.29. The second-order valence-corrected chi connectivity index (χ2v) is 12.4. The van der Waals surface area contributed by atoms with E-state index in [0.29, 0.717) is 0 Å². The first kappa shape index (κ1) is 12.4. The van der Waals surface area contributed by atoms with Crippen LogP contribution in [0.3, 0.4) is 0 Å². The molecule has 1 atom stereocenters. The van der Waals surface area contributed by atoms with Gasteiger partial charge < -0.3 is 8.91 Å². The van der Waals surface area contributed by atoms with Crippen LogP contribution in [0.15, 0.2) is 0 Å². The van der Waals surface area contributed by atoms with Crippen molar-refractivity contribution in [3.8, 4) is 0 Å². The summed E-state index contributed by atoms with van der Waals surface area (Å²) in [5.74, 6) is 0. The molecular weight excluding hydrogens is 184 g/mol. The lowest BCUT2D eigenvalue weighted by Crippen LogP contribution is -2.44. The van der Waals surface area contributed by atoms with Gasteiger partial charge in [0, 0.05) is 0 Å². The Balaban J connectivity index is 3.86. The molecule has 0 aliphatic carbocycles. The average molecular weight is 206 g/mol. The van der Waals surface area contributed by atoms with Gasteiger partial charge in [0.05, 0.1) is 0 Å². The molecule has 0 saturated heterocycles. The maximum absolute atomic E-state index is 9.93. The molecule has 2 nitrogen and oxygen atoms in total. The van der Waals surface area contributed by atoms with Gasteiger partial charge in [0.15, 0.2) is 8.32 Å². The van der Waals surface area contributed by atoms with Gasteiger partial charge in [-0.2, -0.15) is 0 Å². The quantitative estimate of drug-likeness (QED) is 0.701. The average Bonchev–Trinajstić information content (AvgIpc) is 1.78. The summed E-state index contributed by atoms with van der Waals surface area (Å²) in [6, 6.07) is 0.883. The van der Waals surface area contributed by atoms with E-state index >= 15 is 0 Å². The first-order chi connectivity index (χ1) is 5.27. The first-order valence-corrected chi connectivity index (χ1v) is 10.7. The molecule has 0 spiro atoms. The minimum absolute atomic E-state index is 0.883. The Labute approximate surface area is 78.3 Å². The fourth-order valence-corrected chi connectivity index (χ4v) is 7.91. The van der Waals surface area contributed by atoms with Crippen molar-refractivity contribution in [1.82, 2.24) is 0 Å². The molecule has 0 rings (SSSR count). The minimum Gasteiger partial charge on any atom is -0.436 e. The van der Waals surface area contributed by atoms with Crippen LogP contribution in [0.4, 0.5) is 0 Å². The fraction of sp³-hybridized carbons (Fsp3) is 1.00. The summed E-state index contributed by atoms with van der Waals surface area (Å²) in [5, 5.41) is 0. The van der Waals surface area contributed by atoms with E-state index in [1.54, 1.807) is 0 Å². The molecule has 12 heavy (non-hydrogen) atoms. The van der Waals surface area contributed by atoms with Crippen molar-refractivity contribution in [3.05, 3.63) is 0 Å². The topological polar surface area (TPSA) is 29.5 Å². The van der Waals surface area contributed by atoms with Gasteiger partial charge in [-0.3, -0.25) is 0 Å². The Morgan fingerprint density at radius 3 is 2.00 bits per heavy atom. The summed E-state index contributed by atoms with van der Waals surface area (Å²) in [5.41, 5.74) is 0. The highest BCUT2D eigenvalue weighted by Gasteiger charge is 2.32. The molecule has 1 unspecified atom stereocenters. The number of hydrogen-bond donors (Lipinski definition) is 1. The second-order valence-electron chi connectivity index (χ2n) is 4.49. The molecule has 1 N–H and O–H groups in total. The summed E-state index contributed by atoms with van der Waals surface area (Å²) in [7, 11) is -3.83. The largest absolute Gasteiger partial charge is 0.436 e. The summed E-state index contributed by atoms with van der Waals surface area (Å²) in [6.45, 7) is 10.4. The van der Waals surface area contributed by atoms with Crippen molar-refractivity contribution in [2.24, 2.45) is 0 Å². The molecule has 0 aromatic carbocycles. The molecule has 0 bridgehead atoms. The summed E-state index contributed by atoms with van der Waals surface area (Å²) in [4.78, 5) is 9.93. The molecule has 0 amide bonds. The monoisotopic (exact) mass is 206 g/mol. The van der Waals surface area contributed by atoms with Crippen molar-refractivity contribution in [2.45, 2.75) is 52.0 Å². The number of rotatable bonds is 5. The molecule has 0 aromatic heterocycles. The molecule has 0 aromatic rings. The standard InChI is InChI=1S/C8H22O2Si2/c1-6-7-8-12(5,9)10-11(2,3)4/h9H,6-8H2,1-5H3. The van der Waals surface area contributed by atoms with Crippen LogP contribution in [0.2, 0.25) is 32.2 Å². The van der Waals surface area contributed by atoms with Gasteiger partial charge in [-0.05, 0) is 32.2 Å². The van der Waals surface area contributed by atoms with Crippen LogP contribution in [-0.2, 0) is 4.12 Å². The van der Waals surface area contributed by atoms with E-state index in [4.69, 9.17) is 4.12 Å². The molecule has 0 radical (unpaired) electrons. The fourth-order valence-electron chi connectivity index (χ4n) is 1.22. The van der Waals surface area contributed by atoms with Crippen LogP contribution < -0.4 is 0 Å². The zero-order valence-corrected chi connectivity index (χ0v) is 11.0. The van der Waals surface area contributed by atoms with E-state index in [0.717, 1.165) is 18.9 Å². The van der Waals surface area contributed by atoms with E-state index < -0.39 is 16.9 Å². The minimum atomic E-state index is -2.30. The lowest BCUT2D eigenvalue weighted by molar-refractivity contribution is 0.374. The van der Waals surface area contributed by atoms with Gasteiger partial charge >= 0.3 is 8.56 Å². The Hall–Kier alpha value is 0.354. The molecule has 4 heteroatoms. The van der Waals surface area contributed by atoms with E-state index in [1.165, 1.54) is 0 Å². The van der Waals surface area contributed by atoms with Crippen LogP contribution in [0.25, 0.3) is 0 Å². The molecule has 0 saturated carbocycles. The highest BCUT2D eigenvalue weighted by atomic mass is 28.4. The highest BCUT2D eigenvalue weighted by Crippen LogP contribution is 2.17. The molecule has 74 valence electrons. The van der Waals surface area contributed by atoms with E-state index in [9.17, 15) is 4.80 Å². The molecule has 0 aliphatic heterocycles. The highest BCUT2D eigenvalue weighted by molar-refractivity contribution is 6.81. The molecule has 0 heterocycles. The van der Waals surface area contributed by atoms with Gasteiger partial charge in [0.2, 0.25) is 0 Å². The van der Waals surface area contributed by atoms with Gasteiger partial charge in [-0.1, -0.05) is 19.8 Å². The van der Waals surface area contributed by atoms with Gasteiger partial charge in [-0.15, -0.1) is 0 Å². The predicted octanol–water partition coefficient (Wildman–Crippen LogP) is 2.70. The maximum Gasteiger partial charge on any atom is 0.321 e. The van der Waals surface area contributed by atoms with Crippen molar-refractivity contribution in [1.29, 1.82) is 0 Å². The van der Waals surface area contributed by atoms with Gasteiger partial charge in [-0.25, -0.2) is 0 Å². The number of hydrogen-bond acceptors (Lipinski definition) is 2. The van der Waals surface area contributed by atoms with E-state index in [2.05, 4.69) is 26.6 Å². The van der Waals surface area contributed by atoms with Crippen molar-refractivity contribution >= 4 is 16.9 Å². The Bertz CT molecular complexity index is 130. The SMILES string of the molecule is CCCC[Si](C)(O)O[Si](C)(C)C. The second kappa shape index (κ2) is 4.55. The normalized spacial score (nSPS) is 17.5. The van der Waals surface area contributed by atoms with Crippen LogP contribution >= 0.6 is 0 Å². The lowest BCUT2D eigenvalue weighted by atomic mass is 10.4. The Kier molecular flexibility index (Phi) is 4.69. The van der Waals surface area contributed by atoms with Crippen molar-refractivity contribution in [3.63, 3.8) is 0 Å². The van der Waals surface area contributed by atoms with E-state index in [1.807, 2.05) is 6.55 Å².